The molecule has 0 amide bonds. The van der Waals surface area contributed by atoms with Gasteiger partial charge in [-0.05, 0) is 193 Å². The van der Waals surface area contributed by atoms with Crippen molar-refractivity contribution < 1.29 is 8.83 Å². The van der Waals surface area contributed by atoms with Crippen LogP contribution in [0.4, 0.5) is 11.4 Å². The highest BCUT2D eigenvalue weighted by atomic mass is 16.3. The molecule has 3 nitrogen and oxygen atoms in total. The number of para-hydroxylation sites is 2. The van der Waals surface area contributed by atoms with Crippen molar-refractivity contribution in [1.29, 1.82) is 0 Å². The molecule has 0 spiro atoms. The van der Waals surface area contributed by atoms with Gasteiger partial charge in [-0.2, -0.15) is 0 Å². The van der Waals surface area contributed by atoms with Crippen LogP contribution < -0.4 is 4.90 Å². The second kappa shape index (κ2) is 22.5. The van der Waals surface area contributed by atoms with Crippen molar-refractivity contribution in [3.05, 3.63) is 238 Å². The highest BCUT2D eigenvalue weighted by molar-refractivity contribution is 6.21. The number of furan rings is 2. The number of rotatable bonds is 19. The summed E-state index contributed by atoms with van der Waals surface area (Å²) in [7, 11) is 0. The summed E-state index contributed by atoms with van der Waals surface area (Å²) in [5, 5.41) is 4.63. The third-order valence-electron chi connectivity index (χ3n) is 23.2. The number of allylic oxidation sites excluding steroid dienone is 2. The fraction of sp³-hybridized carbons (Fsp3) is 0.311. The Morgan fingerprint density at radius 3 is 1.45 bits per heavy atom. The molecule has 10 aromatic carbocycles. The van der Waals surface area contributed by atoms with Crippen molar-refractivity contribution in [2.45, 2.75) is 181 Å². The van der Waals surface area contributed by atoms with Gasteiger partial charge in [0.2, 0.25) is 0 Å². The molecule has 2 aromatic heterocycles. The molecule has 0 atom stereocenters. The normalized spacial score (nSPS) is 15.6. The number of nitrogens with zero attached hydrogens (tertiary/aromatic N) is 1. The molecule has 2 heterocycles. The van der Waals surface area contributed by atoms with Gasteiger partial charge in [0.15, 0.2) is 0 Å². The predicted molar refractivity (Wildman–Crippen MR) is 395 cm³/mol. The Balaban J connectivity index is 0.752. The summed E-state index contributed by atoms with van der Waals surface area (Å²) in [5.41, 5.74) is 33.6. The molecular formula is C90H89NO2. The van der Waals surface area contributed by atoms with Crippen LogP contribution in [0.2, 0.25) is 0 Å². The van der Waals surface area contributed by atoms with Crippen molar-refractivity contribution in [3.63, 3.8) is 0 Å². The average Bonchev–Trinajstić information content (AvgIpc) is 1.50. The van der Waals surface area contributed by atoms with Crippen molar-refractivity contribution >= 4 is 55.3 Å². The second-order valence-corrected chi connectivity index (χ2v) is 29.6. The molecule has 93 heavy (non-hydrogen) atoms. The lowest BCUT2D eigenvalue weighted by Gasteiger charge is -2.33. The quantitative estimate of drug-likeness (QED) is 0.0756. The zero-order chi connectivity index (χ0) is 63.7. The van der Waals surface area contributed by atoms with Crippen molar-refractivity contribution in [2.24, 2.45) is 0 Å². The van der Waals surface area contributed by atoms with E-state index >= 15 is 0 Å². The molecular weight excluding hydrogens is 1130 g/mol. The zero-order valence-corrected chi connectivity index (χ0v) is 56.6. The van der Waals surface area contributed by atoms with Gasteiger partial charge in [0.1, 0.15) is 22.3 Å². The zero-order valence-electron chi connectivity index (χ0n) is 56.6. The van der Waals surface area contributed by atoms with Crippen molar-refractivity contribution in [2.75, 3.05) is 4.90 Å². The predicted octanol–water partition coefficient (Wildman–Crippen LogP) is 26.6. The Kier molecular flexibility index (Phi) is 14.4. The summed E-state index contributed by atoms with van der Waals surface area (Å²) in [4.78, 5) is 2.43. The van der Waals surface area contributed by atoms with Crippen LogP contribution in [0.15, 0.2) is 203 Å². The molecule has 4 aliphatic carbocycles. The maximum Gasteiger partial charge on any atom is 0.144 e. The Labute approximate surface area is 551 Å². The number of anilines is 2. The summed E-state index contributed by atoms with van der Waals surface area (Å²) >= 11 is 0. The Morgan fingerprint density at radius 2 is 0.839 bits per heavy atom. The number of hydrogen-bond acceptors (Lipinski definition) is 3. The van der Waals surface area contributed by atoms with Gasteiger partial charge in [0, 0.05) is 54.8 Å². The Hall–Kier alpha value is -8.66. The molecule has 12 aromatic rings. The van der Waals surface area contributed by atoms with E-state index in [1.54, 1.807) is 11.1 Å². The molecule has 0 unspecified atom stereocenters. The summed E-state index contributed by atoms with van der Waals surface area (Å²) in [6, 6.07) is 70.0. The highest BCUT2D eigenvalue weighted by Gasteiger charge is 2.49. The maximum atomic E-state index is 7.22. The summed E-state index contributed by atoms with van der Waals surface area (Å²) in [6.07, 6.45) is 20.6. The molecule has 0 saturated carbocycles. The van der Waals surface area contributed by atoms with Crippen LogP contribution in [0.1, 0.15) is 204 Å². The number of unbranched alkanes of at least 4 members (excludes halogenated alkanes) is 10. The van der Waals surface area contributed by atoms with Gasteiger partial charge >= 0.3 is 0 Å². The van der Waals surface area contributed by atoms with Gasteiger partial charge in [0.05, 0.1) is 11.1 Å². The van der Waals surface area contributed by atoms with Crippen LogP contribution in [0, 0.1) is 0 Å². The smallest absolute Gasteiger partial charge is 0.144 e. The summed E-state index contributed by atoms with van der Waals surface area (Å²) < 4.78 is 13.7. The minimum absolute atomic E-state index is 0.0473. The van der Waals surface area contributed by atoms with Crippen LogP contribution in [0.25, 0.3) is 111 Å². The Bertz CT molecular complexity index is 5010. The fourth-order valence-electron chi connectivity index (χ4n) is 18.3. The maximum absolute atomic E-state index is 7.22. The number of benzene rings is 10. The van der Waals surface area contributed by atoms with Gasteiger partial charge in [-0.1, -0.05) is 260 Å². The SMILES string of the molecule is C/C=C(\C)N(c1ccc2c(c1)C(C)(C)c1c3c(c4oc5ccccc5c4c1-2)-c1ccc(-c2ccc4c(c2)C(C)(C)c2cc(-c5ccc6c(c5)C(CCCCCCCC)(CCCCCCCC)c5ccccc5-6)ccc2-4)cc1C3(C)C)c1cccc2oc3ccccc3c12. The van der Waals surface area contributed by atoms with Crippen molar-refractivity contribution in [3.8, 4) is 66.8 Å². The first-order valence-corrected chi connectivity index (χ1v) is 35.4. The lowest BCUT2D eigenvalue weighted by Crippen LogP contribution is -2.25. The van der Waals surface area contributed by atoms with E-state index in [1.807, 2.05) is 0 Å². The third-order valence-corrected chi connectivity index (χ3v) is 23.2. The first-order chi connectivity index (χ1) is 45.2. The minimum atomic E-state index is -0.360. The first kappa shape index (κ1) is 59.4. The van der Waals surface area contributed by atoms with E-state index in [4.69, 9.17) is 8.83 Å². The molecule has 0 aliphatic heterocycles. The lowest BCUT2D eigenvalue weighted by molar-refractivity contribution is 0.398. The van der Waals surface area contributed by atoms with E-state index < -0.39 is 0 Å². The largest absolute Gasteiger partial charge is 0.456 e. The van der Waals surface area contributed by atoms with Crippen LogP contribution in [-0.4, -0.2) is 0 Å². The van der Waals surface area contributed by atoms with Gasteiger partial charge in [-0.15, -0.1) is 0 Å². The topological polar surface area (TPSA) is 29.5 Å². The van der Waals surface area contributed by atoms with Gasteiger partial charge in [-0.3, -0.25) is 0 Å². The average molecular weight is 1220 g/mol. The van der Waals surface area contributed by atoms with E-state index in [-0.39, 0.29) is 21.7 Å². The van der Waals surface area contributed by atoms with Crippen LogP contribution >= 0.6 is 0 Å². The molecule has 0 bridgehead atoms. The van der Waals surface area contributed by atoms with Crippen molar-refractivity contribution in [1.82, 2.24) is 0 Å². The van der Waals surface area contributed by atoms with Crippen LogP contribution in [-0.2, 0) is 21.7 Å². The highest BCUT2D eigenvalue weighted by Crippen LogP contribution is 2.65. The van der Waals surface area contributed by atoms with Gasteiger partial charge < -0.3 is 13.7 Å². The van der Waals surface area contributed by atoms with E-state index in [1.165, 1.54) is 201 Å². The number of hydrogen-bond donors (Lipinski definition) is 0. The summed E-state index contributed by atoms with van der Waals surface area (Å²) in [5.74, 6) is 0. The molecule has 0 saturated heterocycles. The monoisotopic (exact) mass is 1220 g/mol. The fourth-order valence-corrected chi connectivity index (χ4v) is 18.3. The van der Waals surface area contributed by atoms with Crippen LogP contribution in [0.3, 0.4) is 0 Å². The molecule has 0 radical (unpaired) electrons. The van der Waals surface area contributed by atoms with E-state index in [9.17, 15) is 0 Å². The van der Waals surface area contributed by atoms with Crippen LogP contribution in [0.5, 0.6) is 0 Å². The van der Waals surface area contributed by atoms with E-state index in [0.717, 1.165) is 50.2 Å². The molecule has 3 heteroatoms. The summed E-state index contributed by atoms with van der Waals surface area (Å²) in [6.45, 7) is 23.8. The standard InChI is InChI=1S/C90H89NO2/c1-11-14-16-18-20-28-49-90(50-29-21-19-17-15-12-2)70-34-25-22-31-62(70)65-46-41-60(54-75(65)90)58-40-45-64-63-44-39-57(51-71(63)87(5,6)72(64)52-58)59-42-47-67-73(53-59)88(7,8)85-83(67)86-82(69-33-24-27-37-78(69)93-86)81-66-48-43-61(55-74(66)89(9,10)84(81)85)91(56(4)13-3)76-35-30-38-79-80(76)68-32-23-26-36-77(68)92-79/h13,22-27,30-48,51-55H,11-12,14-21,28-29,49-50H2,1-10H3/b56-13+. The lowest BCUT2D eigenvalue weighted by atomic mass is 9.70. The molecule has 0 fully saturated rings. The Morgan fingerprint density at radius 1 is 0.387 bits per heavy atom. The molecule has 0 N–H and O–H groups in total. The third kappa shape index (κ3) is 9.01. The van der Waals surface area contributed by atoms with E-state index in [0.29, 0.717) is 0 Å². The number of fused-ring (bicyclic) bond motifs is 21. The van der Waals surface area contributed by atoms with E-state index in [2.05, 4.69) is 262 Å². The van der Waals surface area contributed by atoms with Gasteiger partial charge in [-0.25, -0.2) is 0 Å². The minimum Gasteiger partial charge on any atom is -0.456 e. The molecule has 4 aliphatic rings. The molecule has 466 valence electrons. The second-order valence-electron chi connectivity index (χ2n) is 29.6. The molecule has 16 rings (SSSR count). The first-order valence-electron chi connectivity index (χ1n) is 35.4. The van der Waals surface area contributed by atoms with Gasteiger partial charge in [0.25, 0.3) is 0 Å².